The van der Waals surface area contributed by atoms with E-state index in [0.29, 0.717) is 11.3 Å². The second-order valence-corrected chi connectivity index (χ2v) is 4.02. The lowest BCUT2D eigenvalue weighted by Gasteiger charge is -2.14. The number of carbonyl (C=O) groups is 1. The molecule has 94 valence electrons. The van der Waals surface area contributed by atoms with Crippen LogP contribution in [0.5, 0.6) is 5.75 Å². The molecule has 0 aliphatic carbocycles. The summed E-state index contributed by atoms with van der Waals surface area (Å²) in [6.07, 6.45) is -1.32. The summed E-state index contributed by atoms with van der Waals surface area (Å²) in [5, 5.41) is 20.3. The zero-order chi connectivity index (χ0) is 13.1. The van der Waals surface area contributed by atoms with Crippen molar-refractivity contribution < 1.29 is 19.7 Å². The molecule has 2 N–H and O–H groups in total. The van der Waals surface area contributed by atoms with Gasteiger partial charge < -0.3 is 14.9 Å². The third-order valence-electron chi connectivity index (χ3n) is 2.86. The maximum absolute atomic E-state index is 10.7. The topological polar surface area (TPSA) is 66.8 Å². The van der Waals surface area contributed by atoms with Gasteiger partial charge in [-0.05, 0) is 17.0 Å². The molecule has 0 aliphatic heterocycles. The first-order valence-electron chi connectivity index (χ1n) is 5.59. The lowest BCUT2D eigenvalue weighted by atomic mass is 9.98. The van der Waals surface area contributed by atoms with E-state index in [-0.39, 0.29) is 6.42 Å². The molecule has 0 heterocycles. The van der Waals surface area contributed by atoms with E-state index in [1.54, 1.807) is 19.2 Å². The van der Waals surface area contributed by atoms with E-state index in [4.69, 9.17) is 9.84 Å². The first-order chi connectivity index (χ1) is 8.63. The van der Waals surface area contributed by atoms with Gasteiger partial charge in [-0.25, -0.2) is 0 Å². The minimum Gasteiger partial charge on any atom is -0.496 e. The number of ether oxygens (including phenoxy) is 1. The molecule has 18 heavy (non-hydrogen) atoms. The van der Waals surface area contributed by atoms with Crippen LogP contribution in [-0.4, -0.2) is 23.3 Å². The van der Waals surface area contributed by atoms with Gasteiger partial charge in [-0.2, -0.15) is 0 Å². The maximum atomic E-state index is 10.7. The van der Waals surface area contributed by atoms with Gasteiger partial charge in [-0.3, -0.25) is 4.79 Å². The van der Waals surface area contributed by atoms with E-state index in [1.807, 2.05) is 24.3 Å². The predicted octanol–water partition coefficient (Wildman–Crippen LogP) is 2.36. The Kier molecular flexibility index (Phi) is 3.48. The van der Waals surface area contributed by atoms with E-state index in [2.05, 4.69) is 0 Å². The quantitative estimate of drug-likeness (QED) is 0.869. The Labute approximate surface area is 104 Å². The number of carboxylic acids is 1. The summed E-state index contributed by atoms with van der Waals surface area (Å²) in [6, 6.07) is 10.9. The number of carboxylic acid groups (broad SMARTS) is 1. The molecule has 0 amide bonds. The number of benzene rings is 2. The van der Waals surface area contributed by atoms with Crippen LogP contribution in [0.4, 0.5) is 0 Å². The summed E-state index contributed by atoms with van der Waals surface area (Å²) in [5.41, 5.74) is 0.605. The largest absolute Gasteiger partial charge is 0.496 e. The third-order valence-corrected chi connectivity index (χ3v) is 2.86. The molecule has 0 fully saturated rings. The molecule has 0 spiro atoms. The fraction of sp³-hybridized carbons (Fsp3) is 0.214. The highest BCUT2D eigenvalue weighted by atomic mass is 16.5. The van der Waals surface area contributed by atoms with Crippen LogP contribution in [0, 0.1) is 0 Å². The number of hydrogen-bond donors (Lipinski definition) is 2. The summed E-state index contributed by atoms with van der Waals surface area (Å²) in [7, 11) is 1.58. The Bertz CT molecular complexity index is 577. The molecule has 0 aliphatic rings. The van der Waals surface area contributed by atoms with Crippen molar-refractivity contribution in [3.05, 3.63) is 42.0 Å². The normalized spacial score (nSPS) is 12.3. The maximum Gasteiger partial charge on any atom is 0.306 e. The Balaban J connectivity index is 2.55. The standard InChI is InChI=1S/C14H14O4/c1-18-13-7-6-10(12(15)8-14(16)17)9-4-2-3-5-11(9)13/h2-7,12,15H,8H2,1H3,(H,16,17). The molecule has 2 aromatic carbocycles. The van der Waals surface area contributed by atoms with Crippen molar-refractivity contribution in [1.82, 2.24) is 0 Å². The molecule has 1 unspecified atom stereocenters. The number of hydrogen-bond acceptors (Lipinski definition) is 3. The SMILES string of the molecule is COc1ccc(C(O)CC(=O)O)c2ccccc12. The molecule has 2 aromatic rings. The molecule has 0 bridgehead atoms. The van der Waals surface area contributed by atoms with Crippen molar-refractivity contribution in [2.75, 3.05) is 7.11 Å². The van der Waals surface area contributed by atoms with E-state index < -0.39 is 12.1 Å². The second-order valence-electron chi connectivity index (χ2n) is 4.02. The first kappa shape index (κ1) is 12.4. The second kappa shape index (κ2) is 5.06. The minimum absolute atomic E-state index is 0.309. The molecule has 2 rings (SSSR count). The zero-order valence-electron chi connectivity index (χ0n) is 9.96. The van der Waals surface area contributed by atoms with Gasteiger partial charge in [-0.15, -0.1) is 0 Å². The van der Waals surface area contributed by atoms with E-state index in [1.165, 1.54) is 0 Å². The molecule has 0 aromatic heterocycles. The lowest BCUT2D eigenvalue weighted by molar-refractivity contribution is -0.139. The van der Waals surface area contributed by atoms with Gasteiger partial charge in [0.2, 0.25) is 0 Å². The van der Waals surface area contributed by atoms with Crippen LogP contribution in [0.2, 0.25) is 0 Å². The highest BCUT2D eigenvalue weighted by molar-refractivity contribution is 5.91. The van der Waals surface area contributed by atoms with Crippen LogP contribution < -0.4 is 4.74 Å². The highest BCUT2D eigenvalue weighted by Gasteiger charge is 2.16. The van der Waals surface area contributed by atoms with Gasteiger partial charge in [0.15, 0.2) is 0 Å². The average molecular weight is 246 g/mol. The van der Waals surface area contributed by atoms with Crippen molar-refractivity contribution in [3.63, 3.8) is 0 Å². The van der Waals surface area contributed by atoms with Crippen LogP contribution in [0.15, 0.2) is 36.4 Å². The molecule has 1 atom stereocenters. The first-order valence-corrected chi connectivity index (χ1v) is 5.59. The van der Waals surface area contributed by atoms with Crippen LogP contribution in [0.25, 0.3) is 10.8 Å². The van der Waals surface area contributed by atoms with Crippen molar-refractivity contribution >= 4 is 16.7 Å². The fourth-order valence-corrected chi connectivity index (χ4v) is 2.04. The lowest BCUT2D eigenvalue weighted by Crippen LogP contribution is -2.06. The fourth-order valence-electron chi connectivity index (χ4n) is 2.04. The molecule has 0 radical (unpaired) electrons. The average Bonchev–Trinajstić information content (AvgIpc) is 2.36. The summed E-state index contributed by atoms with van der Waals surface area (Å²) in [6.45, 7) is 0. The van der Waals surface area contributed by atoms with E-state index in [9.17, 15) is 9.90 Å². The molecule has 4 nitrogen and oxygen atoms in total. The summed E-state index contributed by atoms with van der Waals surface area (Å²) in [5.74, 6) is -0.320. The number of rotatable bonds is 4. The molecular weight excluding hydrogens is 232 g/mol. The summed E-state index contributed by atoms with van der Waals surface area (Å²) >= 11 is 0. The molecule has 0 saturated carbocycles. The Morgan fingerprint density at radius 3 is 2.50 bits per heavy atom. The van der Waals surface area contributed by atoms with Gasteiger partial charge in [0.1, 0.15) is 5.75 Å². The van der Waals surface area contributed by atoms with E-state index >= 15 is 0 Å². The van der Waals surface area contributed by atoms with Crippen molar-refractivity contribution in [1.29, 1.82) is 0 Å². The van der Waals surface area contributed by atoms with Gasteiger partial charge in [0.05, 0.1) is 19.6 Å². The molecule has 0 saturated heterocycles. The van der Waals surface area contributed by atoms with Crippen LogP contribution in [-0.2, 0) is 4.79 Å². The minimum atomic E-state index is -1.03. The Morgan fingerprint density at radius 2 is 1.89 bits per heavy atom. The zero-order valence-corrected chi connectivity index (χ0v) is 9.96. The van der Waals surface area contributed by atoms with Crippen molar-refractivity contribution in [2.24, 2.45) is 0 Å². The summed E-state index contributed by atoms with van der Waals surface area (Å²) < 4.78 is 5.25. The smallest absolute Gasteiger partial charge is 0.306 e. The number of aliphatic carboxylic acids is 1. The third kappa shape index (κ3) is 2.28. The molecular formula is C14H14O4. The van der Waals surface area contributed by atoms with Gasteiger partial charge in [-0.1, -0.05) is 30.3 Å². The number of fused-ring (bicyclic) bond motifs is 1. The van der Waals surface area contributed by atoms with Crippen LogP contribution in [0.1, 0.15) is 18.1 Å². The van der Waals surface area contributed by atoms with Gasteiger partial charge in [0.25, 0.3) is 0 Å². The van der Waals surface area contributed by atoms with Gasteiger partial charge in [0, 0.05) is 5.39 Å². The van der Waals surface area contributed by atoms with Crippen LogP contribution in [0.3, 0.4) is 0 Å². The predicted molar refractivity (Wildman–Crippen MR) is 67.7 cm³/mol. The Hall–Kier alpha value is -2.07. The van der Waals surface area contributed by atoms with Crippen molar-refractivity contribution in [3.8, 4) is 5.75 Å². The summed E-state index contributed by atoms with van der Waals surface area (Å²) in [4.78, 5) is 10.7. The van der Waals surface area contributed by atoms with Crippen LogP contribution >= 0.6 is 0 Å². The van der Waals surface area contributed by atoms with E-state index in [0.717, 1.165) is 10.8 Å². The number of aliphatic hydroxyl groups excluding tert-OH is 1. The number of methoxy groups -OCH3 is 1. The van der Waals surface area contributed by atoms with Crippen molar-refractivity contribution in [2.45, 2.75) is 12.5 Å². The Morgan fingerprint density at radius 1 is 1.22 bits per heavy atom. The van der Waals surface area contributed by atoms with Gasteiger partial charge >= 0.3 is 5.97 Å². The number of aliphatic hydroxyl groups is 1. The highest BCUT2D eigenvalue weighted by Crippen LogP contribution is 2.32. The monoisotopic (exact) mass is 246 g/mol. The molecule has 4 heteroatoms.